The number of benzene rings is 2. The standard InChI is InChI=1S/C15H10Cl2N2O2/c1-8-6-11(17)12(7-10(8)16)18-15(20)14-9-4-2-3-5-13(9)21-19-14/h2-7H,1H3,(H,18,20). The molecule has 3 rings (SSSR count). The maximum Gasteiger partial charge on any atom is 0.278 e. The van der Waals surface area contributed by atoms with Gasteiger partial charge in [0.05, 0.1) is 16.1 Å². The Hall–Kier alpha value is -2.04. The molecule has 0 saturated carbocycles. The molecule has 0 atom stereocenters. The van der Waals surface area contributed by atoms with Crippen molar-refractivity contribution in [1.29, 1.82) is 0 Å². The highest BCUT2D eigenvalue weighted by molar-refractivity contribution is 6.36. The van der Waals surface area contributed by atoms with Gasteiger partial charge in [-0.25, -0.2) is 0 Å². The van der Waals surface area contributed by atoms with Crippen molar-refractivity contribution >= 4 is 45.8 Å². The summed E-state index contributed by atoms with van der Waals surface area (Å²) >= 11 is 12.2. The van der Waals surface area contributed by atoms with E-state index in [0.29, 0.717) is 26.7 Å². The number of hydrogen-bond acceptors (Lipinski definition) is 3. The fourth-order valence-corrected chi connectivity index (χ4v) is 2.40. The van der Waals surface area contributed by atoms with Crippen LogP contribution in [0.15, 0.2) is 40.9 Å². The van der Waals surface area contributed by atoms with E-state index in [9.17, 15) is 4.79 Å². The number of para-hydroxylation sites is 1. The van der Waals surface area contributed by atoms with Crippen molar-refractivity contribution in [2.45, 2.75) is 6.92 Å². The first kappa shape index (κ1) is 13.9. The Morgan fingerprint density at radius 1 is 1.19 bits per heavy atom. The number of anilines is 1. The lowest BCUT2D eigenvalue weighted by atomic mass is 10.2. The Labute approximate surface area is 130 Å². The van der Waals surface area contributed by atoms with Gasteiger partial charge in [0.15, 0.2) is 11.3 Å². The molecule has 0 radical (unpaired) electrons. The second-order valence-corrected chi connectivity index (χ2v) is 5.38. The summed E-state index contributed by atoms with van der Waals surface area (Å²) in [6, 6.07) is 10.4. The number of aryl methyl sites for hydroxylation is 1. The summed E-state index contributed by atoms with van der Waals surface area (Å²) in [5, 5.41) is 8.08. The molecular weight excluding hydrogens is 311 g/mol. The van der Waals surface area contributed by atoms with Crippen LogP contribution in [0.3, 0.4) is 0 Å². The lowest BCUT2D eigenvalue weighted by Gasteiger charge is -2.08. The van der Waals surface area contributed by atoms with Gasteiger partial charge in [0.1, 0.15) is 0 Å². The van der Waals surface area contributed by atoms with Crippen LogP contribution in [0.1, 0.15) is 16.1 Å². The third kappa shape index (κ3) is 2.60. The Morgan fingerprint density at radius 3 is 2.76 bits per heavy atom. The molecular formula is C15H10Cl2N2O2. The molecule has 1 amide bonds. The van der Waals surface area contributed by atoms with Crippen molar-refractivity contribution in [3.8, 4) is 0 Å². The molecule has 21 heavy (non-hydrogen) atoms. The van der Waals surface area contributed by atoms with Crippen LogP contribution in [-0.2, 0) is 0 Å². The van der Waals surface area contributed by atoms with Crippen molar-refractivity contribution in [1.82, 2.24) is 5.16 Å². The largest absolute Gasteiger partial charge is 0.355 e. The summed E-state index contributed by atoms with van der Waals surface area (Å²) < 4.78 is 5.11. The summed E-state index contributed by atoms with van der Waals surface area (Å²) in [5.74, 6) is -0.401. The minimum absolute atomic E-state index is 0.207. The topological polar surface area (TPSA) is 55.1 Å². The van der Waals surface area contributed by atoms with E-state index in [0.717, 1.165) is 5.56 Å². The number of nitrogens with zero attached hydrogens (tertiary/aromatic N) is 1. The highest BCUT2D eigenvalue weighted by atomic mass is 35.5. The highest BCUT2D eigenvalue weighted by Gasteiger charge is 2.17. The first-order valence-electron chi connectivity index (χ1n) is 6.17. The molecule has 0 saturated heterocycles. The van der Waals surface area contributed by atoms with Gasteiger partial charge in [-0.05, 0) is 36.8 Å². The molecule has 0 bridgehead atoms. The molecule has 6 heteroatoms. The molecule has 106 valence electrons. The molecule has 1 N–H and O–H groups in total. The van der Waals surface area contributed by atoms with Crippen LogP contribution in [0.25, 0.3) is 11.0 Å². The van der Waals surface area contributed by atoms with Gasteiger partial charge in [0, 0.05) is 5.02 Å². The number of nitrogens with one attached hydrogen (secondary N) is 1. The van der Waals surface area contributed by atoms with E-state index < -0.39 is 5.91 Å². The molecule has 1 heterocycles. The maximum absolute atomic E-state index is 12.3. The van der Waals surface area contributed by atoms with Gasteiger partial charge in [-0.3, -0.25) is 4.79 Å². The third-order valence-corrected chi connectivity index (χ3v) is 3.81. The molecule has 0 aliphatic rings. The number of hydrogen-bond donors (Lipinski definition) is 1. The van der Waals surface area contributed by atoms with Crippen LogP contribution in [0.2, 0.25) is 10.0 Å². The molecule has 0 aliphatic heterocycles. The zero-order valence-electron chi connectivity index (χ0n) is 11.0. The van der Waals surface area contributed by atoms with Gasteiger partial charge in [-0.15, -0.1) is 0 Å². The molecule has 2 aromatic carbocycles. The van der Waals surface area contributed by atoms with Crippen LogP contribution in [0.5, 0.6) is 0 Å². The van der Waals surface area contributed by atoms with Crippen molar-refractivity contribution in [3.05, 3.63) is 57.7 Å². The Bertz CT molecular complexity index is 843. The zero-order valence-corrected chi connectivity index (χ0v) is 12.5. The molecule has 0 unspecified atom stereocenters. The zero-order chi connectivity index (χ0) is 15.0. The summed E-state index contributed by atoms with van der Waals surface area (Å²) in [6.45, 7) is 1.84. The quantitative estimate of drug-likeness (QED) is 0.744. The van der Waals surface area contributed by atoms with Crippen LogP contribution in [0.4, 0.5) is 5.69 Å². The van der Waals surface area contributed by atoms with Crippen molar-refractivity contribution in [2.24, 2.45) is 0 Å². The lowest BCUT2D eigenvalue weighted by molar-refractivity contribution is 0.102. The number of carbonyl (C=O) groups excluding carboxylic acids is 1. The summed E-state index contributed by atoms with van der Waals surface area (Å²) in [6.07, 6.45) is 0. The number of amides is 1. The van der Waals surface area contributed by atoms with Gasteiger partial charge in [0.25, 0.3) is 5.91 Å². The van der Waals surface area contributed by atoms with Gasteiger partial charge in [-0.1, -0.05) is 40.5 Å². The van der Waals surface area contributed by atoms with Gasteiger partial charge in [0.2, 0.25) is 0 Å². The Kier molecular flexibility index (Phi) is 3.57. The molecule has 0 aliphatic carbocycles. The normalized spacial score (nSPS) is 10.8. The van der Waals surface area contributed by atoms with Crippen LogP contribution in [0, 0.1) is 6.92 Å². The first-order chi connectivity index (χ1) is 10.1. The van der Waals surface area contributed by atoms with Crippen LogP contribution < -0.4 is 5.32 Å². The van der Waals surface area contributed by atoms with Gasteiger partial charge >= 0.3 is 0 Å². The van der Waals surface area contributed by atoms with E-state index in [2.05, 4.69) is 10.5 Å². The van der Waals surface area contributed by atoms with E-state index in [4.69, 9.17) is 27.7 Å². The molecule has 4 nitrogen and oxygen atoms in total. The predicted octanol–water partition coefficient (Wildman–Crippen LogP) is 4.70. The summed E-state index contributed by atoms with van der Waals surface area (Å²) in [5.41, 5.74) is 2.03. The van der Waals surface area contributed by atoms with E-state index in [1.54, 1.807) is 24.3 Å². The number of aromatic nitrogens is 1. The third-order valence-electron chi connectivity index (χ3n) is 3.09. The second kappa shape index (κ2) is 5.39. The van der Waals surface area contributed by atoms with E-state index in [1.807, 2.05) is 19.1 Å². The average Bonchev–Trinajstić information content (AvgIpc) is 2.88. The van der Waals surface area contributed by atoms with Crippen molar-refractivity contribution in [3.63, 3.8) is 0 Å². The van der Waals surface area contributed by atoms with Gasteiger partial charge < -0.3 is 9.84 Å². The van der Waals surface area contributed by atoms with Crippen molar-refractivity contribution < 1.29 is 9.32 Å². The van der Waals surface area contributed by atoms with E-state index in [1.165, 1.54) is 0 Å². The SMILES string of the molecule is Cc1cc(Cl)c(NC(=O)c2noc3ccccc23)cc1Cl. The predicted molar refractivity (Wildman–Crippen MR) is 83.2 cm³/mol. The van der Waals surface area contributed by atoms with E-state index >= 15 is 0 Å². The number of halogens is 2. The smallest absolute Gasteiger partial charge is 0.278 e. The maximum atomic E-state index is 12.3. The number of rotatable bonds is 2. The number of carbonyl (C=O) groups is 1. The first-order valence-corrected chi connectivity index (χ1v) is 6.93. The second-order valence-electron chi connectivity index (χ2n) is 4.56. The monoisotopic (exact) mass is 320 g/mol. The summed E-state index contributed by atoms with van der Waals surface area (Å²) in [7, 11) is 0. The molecule has 0 fully saturated rings. The lowest BCUT2D eigenvalue weighted by Crippen LogP contribution is -2.13. The van der Waals surface area contributed by atoms with Crippen molar-refractivity contribution in [2.75, 3.05) is 5.32 Å². The minimum Gasteiger partial charge on any atom is -0.355 e. The average molecular weight is 321 g/mol. The van der Waals surface area contributed by atoms with Crippen LogP contribution in [-0.4, -0.2) is 11.1 Å². The fourth-order valence-electron chi connectivity index (χ4n) is 1.97. The summed E-state index contributed by atoms with van der Waals surface area (Å²) in [4.78, 5) is 12.3. The molecule has 3 aromatic rings. The highest BCUT2D eigenvalue weighted by Crippen LogP contribution is 2.29. The minimum atomic E-state index is -0.401. The Balaban J connectivity index is 1.95. The van der Waals surface area contributed by atoms with Gasteiger partial charge in [-0.2, -0.15) is 0 Å². The Morgan fingerprint density at radius 2 is 1.95 bits per heavy atom. The molecule has 0 spiro atoms. The molecule has 1 aromatic heterocycles. The van der Waals surface area contributed by atoms with E-state index in [-0.39, 0.29) is 5.69 Å². The van der Waals surface area contributed by atoms with Crippen LogP contribution >= 0.6 is 23.2 Å². The number of fused-ring (bicyclic) bond motifs is 1. The fraction of sp³-hybridized carbons (Fsp3) is 0.0667.